The molecule has 130 valence electrons. The normalized spacial score (nSPS) is 12.3. The van der Waals surface area contributed by atoms with Gasteiger partial charge in [-0.15, -0.1) is 0 Å². The van der Waals surface area contributed by atoms with Crippen LogP contribution in [0.4, 0.5) is 32.0 Å². The van der Waals surface area contributed by atoms with Crippen molar-refractivity contribution >= 4 is 15.9 Å². The highest BCUT2D eigenvalue weighted by Crippen LogP contribution is 2.34. The van der Waals surface area contributed by atoms with Crippen molar-refractivity contribution in [2.24, 2.45) is 5.14 Å². The molecule has 0 aliphatic carbocycles. The number of hydrogen-bond donors (Lipinski definition) is 2. The Balaban J connectivity index is 2.49. The van der Waals surface area contributed by atoms with Crippen LogP contribution in [0.3, 0.4) is 0 Å². The first-order chi connectivity index (χ1) is 10.9. The second-order valence-corrected chi connectivity index (χ2v) is 5.95. The van der Waals surface area contributed by atoms with Crippen molar-refractivity contribution in [3.05, 3.63) is 53.3 Å². The third-order valence-electron chi connectivity index (χ3n) is 2.89. The summed E-state index contributed by atoms with van der Waals surface area (Å²) in [4.78, 5) is 0. The van der Waals surface area contributed by atoms with Gasteiger partial charge in [-0.2, -0.15) is 21.6 Å². The quantitative estimate of drug-likeness (QED) is 0.813. The summed E-state index contributed by atoms with van der Waals surface area (Å²) in [5.74, 6) is -4.37. The van der Waals surface area contributed by atoms with Gasteiger partial charge in [0.25, 0.3) is 10.2 Å². The summed E-state index contributed by atoms with van der Waals surface area (Å²) in [6.07, 6.45) is -4.91. The molecule has 0 atom stereocenters. The van der Waals surface area contributed by atoms with Crippen LogP contribution in [0.5, 0.6) is 0 Å². The SMILES string of the molecule is NS(=O)(=O)Nc1c(F)cc(-c2ccc(C(F)(F)F)c(F)c2)cc1F. The zero-order chi connectivity index (χ0) is 18.3. The van der Waals surface area contributed by atoms with Gasteiger partial charge < -0.3 is 0 Å². The predicted octanol–water partition coefficient (Wildman–Crippen LogP) is 3.41. The number of rotatable bonds is 3. The molecular formula is C13H8F6N2O2S. The fraction of sp³-hybridized carbons (Fsp3) is 0.0769. The van der Waals surface area contributed by atoms with Crippen molar-refractivity contribution in [1.82, 2.24) is 0 Å². The minimum absolute atomic E-state index is 0.236. The Hall–Kier alpha value is -2.27. The third-order valence-corrected chi connectivity index (χ3v) is 3.38. The van der Waals surface area contributed by atoms with Crippen molar-refractivity contribution in [2.45, 2.75) is 6.18 Å². The largest absolute Gasteiger partial charge is 0.419 e. The first kappa shape index (κ1) is 18.1. The molecule has 0 heterocycles. The van der Waals surface area contributed by atoms with E-state index < -0.39 is 45.1 Å². The van der Waals surface area contributed by atoms with E-state index in [1.165, 1.54) is 4.72 Å². The van der Waals surface area contributed by atoms with E-state index in [9.17, 15) is 34.8 Å². The topological polar surface area (TPSA) is 72.2 Å². The summed E-state index contributed by atoms with van der Waals surface area (Å²) >= 11 is 0. The molecule has 0 aliphatic heterocycles. The van der Waals surface area contributed by atoms with E-state index in [-0.39, 0.29) is 11.1 Å². The highest BCUT2D eigenvalue weighted by atomic mass is 32.2. The van der Waals surface area contributed by atoms with Gasteiger partial charge in [0.15, 0.2) is 11.6 Å². The Morgan fingerprint density at radius 1 is 0.875 bits per heavy atom. The molecule has 11 heteroatoms. The Morgan fingerprint density at radius 2 is 1.38 bits per heavy atom. The van der Waals surface area contributed by atoms with E-state index >= 15 is 0 Å². The molecule has 24 heavy (non-hydrogen) atoms. The highest BCUT2D eigenvalue weighted by Gasteiger charge is 2.34. The molecule has 0 fully saturated rings. The molecule has 0 spiro atoms. The van der Waals surface area contributed by atoms with Crippen LogP contribution < -0.4 is 9.86 Å². The molecule has 2 aromatic carbocycles. The van der Waals surface area contributed by atoms with Crippen LogP contribution in [0.1, 0.15) is 5.56 Å². The van der Waals surface area contributed by atoms with E-state index in [1.54, 1.807) is 0 Å². The van der Waals surface area contributed by atoms with Crippen molar-refractivity contribution in [1.29, 1.82) is 0 Å². The first-order valence-electron chi connectivity index (χ1n) is 6.05. The molecule has 0 saturated heterocycles. The van der Waals surface area contributed by atoms with E-state index in [1.807, 2.05) is 0 Å². The summed E-state index contributed by atoms with van der Waals surface area (Å²) in [7, 11) is -4.44. The maximum Gasteiger partial charge on any atom is 0.419 e. The molecule has 0 aromatic heterocycles. The van der Waals surface area contributed by atoms with E-state index in [0.29, 0.717) is 24.3 Å². The van der Waals surface area contributed by atoms with Gasteiger partial charge in [-0.05, 0) is 35.4 Å². The fourth-order valence-corrected chi connectivity index (χ4v) is 2.38. The second kappa shape index (κ2) is 5.98. The van der Waals surface area contributed by atoms with Crippen molar-refractivity contribution in [3.8, 4) is 11.1 Å². The molecule has 0 saturated carbocycles. The Kier molecular flexibility index (Phi) is 4.50. The Labute approximate surface area is 132 Å². The number of alkyl halides is 3. The van der Waals surface area contributed by atoms with Gasteiger partial charge in [-0.3, -0.25) is 4.72 Å². The summed E-state index contributed by atoms with van der Waals surface area (Å²) < 4.78 is 102. The third kappa shape index (κ3) is 3.97. The van der Waals surface area contributed by atoms with E-state index in [2.05, 4.69) is 5.14 Å². The smallest absolute Gasteiger partial charge is 0.265 e. The van der Waals surface area contributed by atoms with Crippen LogP contribution in [0.15, 0.2) is 30.3 Å². The molecule has 0 bridgehead atoms. The van der Waals surface area contributed by atoms with Crippen molar-refractivity contribution in [3.63, 3.8) is 0 Å². The lowest BCUT2D eigenvalue weighted by atomic mass is 10.0. The molecule has 0 unspecified atom stereocenters. The van der Waals surface area contributed by atoms with Crippen LogP contribution in [0, 0.1) is 17.5 Å². The molecular weight excluding hydrogens is 362 g/mol. The summed E-state index contributed by atoms with van der Waals surface area (Å²) in [5, 5.41) is 4.60. The highest BCUT2D eigenvalue weighted by molar-refractivity contribution is 7.90. The second-order valence-electron chi connectivity index (χ2n) is 4.65. The van der Waals surface area contributed by atoms with Gasteiger partial charge in [-0.1, -0.05) is 6.07 Å². The van der Waals surface area contributed by atoms with Gasteiger partial charge in [-0.25, -0.2) is 18.3 Å². The number of halogens is 6. The minimum Gasteiger partial charge on any atom is -0.265 e. The lowest BCUT2D eigenvalue weighted by Gasteiger charge is -2.11. The molecule has 3 N–H and O–H groups in total. The lowest BCUT2D eigenvalue weighted by Crippen LogP contribution is -2.23. The fourth-order valence-electron chi connectivity index (χ4n) is 1.90. The number of benzene rings is 2. The molecule has 4 nitrogen and oxygen atoms in total. The average molecular weight is 370 g/mol. The number of hydrogen-bond acceptors (Lipinski definition) is 2. The predicted molar refractivity (Wildman–Crippen MR) is 73.5 cm³/mol. The van der Waals surface area contributed by atoms with Crippen LogP contribution in [0.25, 0.3) is 11.1 Å². The maximum atomic E-state index is 13.8. The van der Waals surface area contributed by atoms with Crippen LogP contribution >= 0.6 is 0 Å². The molecule has 2 rings (SSSR count). The van der Waals surface area contributed by atoms with Crippen LogP contribution in [0.2, 0.25) is 0 Å². The Bertz CT molecular complexity index is 873. The zero-order valence-electron chi connectivity index (χ0n) is 11.5. The van der Waals surface area contributed by atoms with Gasteiger partial charge in [0.2, 0.25) is 0 Å². The van der Waals surface area contributed by atoms with Crippen LogP contribution in [-0.4, -0.2) is 8.42 Å². The van der Waals surface area contributed by atoms with Gasteiger partial charge >= 0.3 is 6.18 Å². The summed E-state index contributed by atoms with van der Waals surface area (Å²) in [5.41, 5.74) is -3.12. The molecule has 0 aliphatic rings. The minimum atomic E-state index is -4.91. The lowest BCUT2D eigenvalue weighted by molar-refractivity contribution is -0.139. The van der Waals surface area contributed by atoms with Crippen LogP contribution in [-0.2, 0) is 16.4 Å². The standard InChI is InChI=1S/C13H8F6N2O2S/c14-9-3-6(1-2-8(9)13(17,18)19)7-4-10(15)12(11(16)5-7)21-24(20,22)23/h1-5,21H,(H2,20,22,23). The van der Waals surface area contributed by atoms with E-state index in [0.717, 1.165) is 6.07 Å². The maximum absolute atomic E-state index is 13.8. The summed E-state index contributed by atoms with van der Waals surface area (Å²) in [6, 6.07) is 2.96. The number of nitrogens with two attached hydrogens (primary N) is 1. The summed E-state index contributed by atoms with van der Waals surface area (Å²) in [6.45, 7) is 0. The average Bonchev–Trinajstić information content (AvgIpc) is 2.40. The molecule has 0 amide bonds. The van der Waals surface area contributed by atoms with Gasteiger partial charge in [0.1, 0.15) is 11.5 Å². The first-order valence-corrected chi connectivity index (χ1v) is 7.60. The monoisotopic (exact) mass is 370 g/mol. The van der Waals surface area contributed by atoms with Crippen molar-refractivity contribution in [2.75, 3.05) is 4.72 Å². The number of nitrogens with one attached hydrogen (secondary N) is 1. The number of anilines is 1. The Morgan fingerprint density at radius 3 is 1.79 bits per heavy atom. The molecule has 2 aromatic rings. The van der Waals surface area contributed by atoms with Gasteiger partial charge in [0.05, 0.1) is 5.56 Å². The van der Waals surface area contributed by atoms with E-state index in [4.69, 9.17) is 0 Å². The zero-order valence-corrected chi connectivity index (χ0v) is 12.3. The van der Waals surface area contributed by atoms with Crippen molar-refractivity contribution < 1.29 is 34.8 Å². The molecule has 0 radical (unpaired) electrons. The van der Waals surface area contributed by atoms with Gasteiger partial charge in [0, 0.05) is 0 Å².